The Labute approximate surface area is 89.4 Å². The second kappa shape index (κ2) is 5.38. The Hall–Kier alpha value is -0.530. The van der Waals surface area contributed by atoms with Gasteiger partial charge in [0.2, 0.25) is 0 Å². The summed E-state index contributed by atoms with van der Waals surface area (Å²) < 4.78 is 0. The Morgan fingerprint density at radius 1 is 1.29 bits per heavy atom. The summed E-state index contributed by atoms with van der Waals surface area (Å²) in [5.41, 5.74) is 0.152. The molecule has 0 fully saturated rings. The molecule has 0 spiro atoms. The van der Waals surface area contributed by atoms with Crippen molar-refractivity contribution in [1.82, 2.24) is 4.90 Å². The molecule has 2 heteroatoms. The minimum atomic E-state index is 0.152. The van der Waals surface area contributed by atoms with E-state index in [0.717, 1.165) is 13.1 Å². The molecule has 0 aromatic heterocycles. The van der Waals surface area contributed by atoms with E-state index in [-0.39, 0.29) is 5.41 Å². The Bertz CT molecular complexity index is 187. The highest BCUT2D eigenvalue weighted by molar-refractivity contribution is 5.87. The molecule has 0 bridgehead atoms. The number of nitrogens with zero attached hydrogens (tertiary/aromatic N) is 2. The Kier molecular flexibility index (Phi) is 5.17. The predicted molar refractivity (Wildman–Crippen MR) is 64.9 cm³/mol. The van der Waals surface area contributed by atoms with Crippen molar-refractivity contribution in [3.8, 4) is 0 Å². The summed E-state index contributed by atoms with van der Waals surface area (Å²) in [5.74, 6) is 1.91. The lowest BCUT2D eigenvalue weighted by atomic mass is 9.93. The minimum Gasteiger partial charge on any atom is -0.360 e. The fraction of sp³-hybridized carbons (Fsp3) is 0.917. The van der Waals surface area contributed by atoms with Gasteiger partial charge in [0.05, 0.1) is 0 Å². The zero-order valence-corrected chi connectivity index (χ0v) is 10.9. The van der Waals surface area contributed by atoms with Gasteiger partial charge in [-0.05, 0) is 12.8 Å². The summed E-state index contributed by atoms with van der Waals surface area (Å²) in [6.07, 6.45) is 0. The van der Waals surface area contributed by atoms with Crippen LogP contribution >= 0.6 is 0 Å². The number of hydrogen-bond acceptors (Lipinski definition) is 1. The molecular formula is C12H26N2. The fourth-order valence-corrected chi connectivity index (χ4v) is 1.76. The average molecular weight is 198 g/mol. The van der Waals surface area contributed by atoms with Crippen LogP contribution in [0, 0.1) is 11.3 Å². The molecule has 0 radical (unpaired) electrons. The zero-order valence-electron chi connectivity index (χ0n) is 10.9. The van der Waals surface area contributed by atoms with Crippen LogP contribution in [0.5, 0.6) is 0 Å². The molecule has 0 aliphatic heterocycles. The van der Waals surface area contributed by atoms with Crippen molar-refractivity contribution < 1.29 is 0 Å². The third-order valence-electron chi connectivity index (χ3n) is 2.15. The second-order valence-corrected chi connectivity index (χ2v) is 5.23. The number of hydrogen-bond donors (Lipinski definition) is 0. The van der Waals surface area contributed by atoms with Crippen LogP contribution in [-0.4, -0.2) is 30.9 Å². The standard InChI is InChI=1S/C12H26N2/c1-8-14(9-10(2)3)11(13-7)12(4,5)6/h10H,8-9H2,1-7H3. The summed E-state index contributed by atoms with van der Waals surface area (Å²) in [5, 5.41) is 0. The van der Waals surface area contributed by atoms with Crippen molar-refractivity contribution in [3.63, 3.8) is 0 Å². The lowest BCUT2D eigenvalue weighted by Gasteiger charge is -2.33. The molecule has 0 aliphatic rings. The monoisotopic (exact) mass is 198 g/mol. The van der Waals surface area contributed by atoms with Gasteiger partial charge in [0.15, 0.2) is 0 Å². The van der Waals surface area contributed by atoms with Gasteiger partial charge in [-0.1, -0.05) is 34.6 Å². The Morgan fingerprint density at radius 2 is 1.79 bits per heavy atom. The SMILES string of the molecule is CCN(CC(C)C)C(=NC)C(C)(C)C. The van der Waals surface area contributed by atoms with Crippen molar-refractivity contribution >= 4 is 5.84 Å². The van der Waals surface area contributed by atoms with Gasteiger partial charge in [-0.3, -0.25) is 4.99 Å². The summed E-state index contributed by atoms with van der Waals surface area (Å²) in [6.45, 7) is 15.5. The third kappa shape index (κ3) is 4.12. The summed E-state index contributed by atoms with van der Waals surface area (Å²) in [4.78, 5) is 6.81. The van der Waals surface area contributed by atoms with Crippen LogP contribution in [0.4, 0.5) is 0 Å². The normalized spacial score (nSPS) is 13.6. The van der Waals surface area contributed by atoms with E-state index in [1.54, 1.807) is 0 Å². The van der Waals surface area contributed by atoms with Gasteiger partial charge in [0, 0.05) is 25.6 Å². The Morgan fingerprint density at radius 3 is 2.00 bits per heavy atom. The van der Waals surface area contributed by atoms with E-state index in [2.05, 4.69) is 51.4 Å². The fourth-order valence-electron chi connectivity index (χ4n) is 1.76. The van der Waals surface area contributed by atoms with Crippen LogP contribution in [0.3, 0.4) is 0 Å². The second-order valence-electron chi connectivity index (χ2n) is 5.23. The quantitative estimate of drug-likeness (QED) is 0.503. The van der Waals surface area contributed by atoms with Crippen molar-refractivity contribution in [2.24, 2.45) is 16.3 Å². The van der Waals surface area contributed by atoms with E-state index < -0.39 is 0 Å². The van der Waals surface area contributed by atoms with Crippen LogP contribution < -0.4 is 0 Å². The van der Waals surface area contributed by atoms with Gasteiger partial charge in [-0.15, -0.1) is 0 Å². The lowest BCUT2D eigenvalue weighted by Crippen LogP contribution is -2.41. The highest BCUT2D eigenvalue weighted by Gasteiger charge is 2.23. The molecule has 0 amide bonds. The molecule has 0 aromatic rings. The summed E-state index contributed by atoms with van der Waals surface area (Å²) >= 11 is 0. The van der Waals surface area contributed by atoms with Gasteiger partial charge in [0.25, 0.3) is 0 Å². The molecule has 0 saturated carbocycles. The molecular weight excluding hydrogens is 172 g/mol. The van der Waals surface area contributed by atoms with Crippen LogP contribution in [0.2, 0.25) is 0 Å². The van der Waals surface area contributed by atoms with Gasteiger partial charge < -0.3 is 4.90 Å². The van der Waals surface area contributed by atoms with Crippen LogP contribution in [0.15, 0.2) is 4.99 Å². The topological polar surface area (TPSA) is 15.6 Å². The largest absolute Gasteiger partial charge is 0.360 e. The number of amidine groups is 1. The molecule has 0 N–H and O–H groups in total. The first kappa shape index (κ1) is 13.5. The maximum atomic E-state index is 4.43. The van der Waals surface area contributed by atoms with E-state index in [0.29, 0.717) is 5.92 Å². The highest BCUT2D eigenvalue weighted by Crippen LogP contribution is 2.19. The molecule has 0 unspecified atom stereocenters. The molecule has 84 valence electrons. The lowest BCUT2D eigenvalue weighted by molar-refractivity contribution is 0.343. The molecule has 0 aromatic carbocycles. The third-order valence-corrected chi connectivity index (χ3v) is 2.15. The van der Waals surface area contributed by atoms with E-state index >= 15 is 0 Å². The maximum absolute atomic E-state index is 4.43. The van der Waals surface area contributed by atoms with Crippen LogP contribution in [-0.2, 0) is 0 Å². The van der Waals surface area contributed by atoms with E-state index in [1.807, 2.05) is 7.05 Å². The molecule has 0 saturated heterocycles. The minimum absolute atomic E-state index is 0.152. The van der Waals surface area contributed by atoms with Gasteiger partial charge >= 0.3 is 0 Å². The maximum Gasteiger partial charge on any atom is 0.104 e. The molecule has 14 heavy (non-hydrogen) atoms. The molecule has 0 atom stereocenters. The van der Waals surface area contributed by atoms with Crippen LogP contribution in [0.1, 0.15) is 41.5 Å². The van der Waals surface area contributed by atoms with Crippen LogP contribution in [0.25, 0.3) is 0 Å². The van der Waals surface area contributed by atoms with Crippen molar-refractivity contribution in [2.75, 3.05) is 20.1 Å². The number of aliphatic imine (C=N–C) groups is 1. The molecule has 0 rings (SSSR count). The smallest absolute Gasteiger partial charge is 0.104 e. The van der Waals surface area contributed by atoms with Crippen molar-refractivity contribution in [1.29, 1.82) is 0 Å². The van der Waals surface area contributed by atoms with E-state index in [4.69, 9.17) is 0 Å². The zero-order chi connectivity index (χ0) is 11.4. The summed E-state index contributed by atoms with van der Waals surface area (Å²) in [7, 11) is 1.89. The first-order valence-electron chi connectivity index (χ1n) is 5.55. The first-order valence-corrected chi connectivity index (χ1v) is 5.55. The predicted octanol–water partition coefficient (Wildman–Crippen LogP) is 3.04. The van der Waals surface area contributed by atoms with Gasteiger partial charge in [0.1, 0.15) is 5.84 Å². The van der Waals surface area contributed by atoms with E-state index in [9.17, 15) is 0 Å². The van der Waals surface area contributed by atoms with Gasteiger partial charge in [-0.2, -0.15) is 0 Å². The van der Waals surface area contributed by atoms with E-state index in [1.165, 1.54) is 5.84 Å². The first-order chi connectivity index (χ1) is 6.32. The number of rotatable bonds is 3. The molecule has 2 nitrogen and oxygen atoms in total. The summed E-state index contributed by atoms with van der Waals surface area (Å²) in [6, 6.07) is 0. The Balaban J connectivity index is 4.64. The van der Waals surface area contributed by atoms with Crippen molar-refractivity contribution in [3.05, 3.63) is 0 Å². The molecule has 0 aliphatic carbocycles. The van der Waals surface area contributed by atoms with Crippen molar-refractivity contribution in [2.45, 2.75) is 41.5 Å². The highest BCUT2D eigenvalue weighted by atomic mass is 15.2. The van der Waals surface area contributed by atoms with Gasteiger partial charge in [-0.25, -0.2) is 0 Å². The molecule has 0 heterocycles. The average Bonchev–Trinajstić information content (AvgIpc) is 2.00.